The molecule has 0 unspecified atom stereocenters. The number of hydrogen-bond acceptors (Lipinski definition) is 4. The lowest BCUT2D eigenvalue weighted by Crippen LogP contribution is -2.10. The summed E-state index contributed by atoms with van der Waals surface area (Å²) in [6.45, 7) is -0.0748. The van der Waals surface area contributed by atoms with Gasteiger partial charge in [-0.05, 0) is 22.4 Å². The van der Waals surface area contributed by atoms with E-state index in [2.05, 4.69) is 25.9 Å². The van der Waals surface area contributed by atoms with Crippen molar-refractivity contribution in [2.24, 2.45) is 0 Å². The van der Waals surface area contributed by atoms with E-state index in [0.717, 1.165) is 0 Å². The van der Waals surface area contributed by atoms with Crippen LogP contribution in [0.25, 0.3) is 0 Å². The average Bonchev–Trinajstić information content (AvgIpc) is 2.16. The number of alkyl halides is 3. The first-order valence-corrected chi connectivity index (χ1v) is 5.15. The zero-order chi connectivity index (χ0) is 12.2. The van der Waals surface area contributed by atoms with E-state index in [1.807, 2.05) is 0 Å². The van der Waals surface area contributed by atoms with Crippen LogP contribution in [0.15, 0.2) is 10.7 Å². The molecule has 1 aromatic heterocycles. The van der Waals surface area contributed by atoms with Gasteiger partial charge in [0.25, 0.3) is 0 Å². The van der Waals surface area contributed by atoms with Crippen LogP contribution in [0.5, 0.6) is 5.88 Å². The monoisotopic (exact) mass is 299 g/mol. The first-order valence-electron chi connectivity index (χ1n) is 4.36. The molecule has 2 N–H and O–H groups in total. The maximum Gasteiger partial charge on any atom is 0.389 e. The van der Waals surface area contributed by atoms with Crippen molar-refractivity contribution in [2.75, 3.05) is 12.3 Å². The third kappa shape index (κ3) is 4.65. The van der Waals surface area contributed by atoms with E-state index in [1.165, 1.54) is 6.20 Å². The van der Waals surface area contributed by atoms with E-state index >= 15 is 0 Å². The number of nitrogen functional groups attached to an aromatic ring is 1. The Morgan fingerprint density at radius 3 is 2.75 bits per heavy atom. The van der Waals surface area contributed by atoms with Crippen molar-refractivity contribution in [1.29, 1.82) is 0 Å². The zero-order valence-corrected chi connectivity index (χ0v) is 9.68. The molecule has 8 heteroatoms. The summed E-state index contributed by atoms with van der Waals surface area (Å²) in [5.74, 6) is 0.156. The van der Waals surface area contributed by atoms with E-state index in [1.54, 1.807) is 0 Å². The van der Waals surface area contributed by atoms with Crippen molar-refractivity contribution < 1.29 is 17.9 Å². The van der Waals surface area contributed by atoms with Gasteiger partial charge in [-0.25, -0.2) is 4.98 Å². The number of ether oxygens (including phenoxy) is 1. The third-order valence-corrected chi connectivity index (χ3v) is 2.12. The molecule has 0 aliphatic carbocycles. The maximum atomic E-state index is 11.8. The van der Waals surface area contributed by atoms with Gasteiger partial charge >= 0.3 is 6.18 Å². The Kier molecular flexibility index (Phi) is 4.34. The number of halogens is 4. The Hall–Kier alpha value is -1.05. The number of anilines is 1. The average molecular weight is 300 g/mol. The number of nitrogens with two attached hydrogens (primary N) is 1. The quantitative estimate of drug-likeness (QED) is 0.868. The van der Waals surface area contributed by atoms with Crippen molar-refractivity contribution in [3.05, 3.63) is 10.7 Å². The molecule has 1 rings (SSSR count). The van der Waals surface area contributed by atoms with E-state index in [9.17, 15) is 13.2 Å². The minimum atomic E-state index is -4.16. The van der Waals surface area contributed by atoms with Gasteiger partial charge in [0.1, 0.15) is 0 Å². The highest BCUT2D eigenvalue weighted by atomic mass is 79.9. The molecule has 0 fully saturated rings. The summed E-state index contributed by atoms with van der Waals surface area (Å²) in [6, 6.07) is 0. The highest BCUT2D eigenvalue weighted by Crippen LogP contribution is 2.24. The molecule has 0 amide bonds. The van der Waals surface area contributed by atoms with Gasteiger partial charge in [-0.3, -0.25) is 0 Å². The summed E-state index contributed by atoms with van der Waals surface area (Å²) in [6.07, 6.45) is -3.79. The van der Waals surface area contributed by atoms with E-state index in [4.69, 9.17) is 10.5 Å². The highest BCUT2D eigenvalue weighted by Gasteiger charge is 2.26. The second kappa shape index (κ2) is 5.33. The molecule has 0 radical (unpaired) electrons. The minimum absolute atomic E-state index is 0.00835. The van der Waals surface area contributed by atoms with Crippen LogP contribution in [0.1, 0.15) is 12.8 Å². The lowest BCUT2D eigenvalue weighted by Gasteiger charge is -2.08. The smallest absolute Gasteiger partial charge is 0.389 e. The third-order valence-electron chi connectivity index (χ3n) is 1.57. The minimum Gasteiger partial charge on any atom is -0.477 e. The molecule has 0 atom stereocenters. The van der Waals surface area contributed by atoms with Crippen LogP contribution < -0.4 is 10.5 Å². The number of nitrogens with zero attached hydrogens (tertiary/aromatic N) is 2. The molecule has 0 saturated carbocycles. The van der Waals surface area contributed by atoms with Gasteiger partial charge in [-0.15, -0.1) is 0 Å². The van der Waals surface area contributed by atoms with Gasteiger partial charge in [-0.1, -0.05) is 0 Å². The number of hydrogen-bond donors (Lipinski definition) is 1. The maximum absolute atomic E-state index is 11.8. The van der Waals surface area contributed by atoms with E-state index in [-0.39, 0.29) is 24.9 Å². The summed E-state index contributed by atoms with van der Waals surface area (Å²) in [5.41, 5.74) is 5.30. The van der Waals surface area contributed by atoms with Crippen molar-refractivity contribution in [2.45, 2.75) is 19.0 Å². The fourth-order valence-electron chi connectivity index (χ4n) is 0.907. The van der Waals surface area contributed by atoms with E-state index in [0.29, 0.717) is 4.47 Å². The van der Waals surface area contributed by atoms with Gasteiger partial charge in [0.15, 0.2) is 0 Å². The highest BCUT2D eigenvalue weighted by molar-refractivity contribution is 9.10. The lowest BCUT2D eigenvalue weighted by atomic mass is 10.3. The van der Waals surface area contributed by atoms with Crippen LogP contribution in [-0.2, 0) is 0 Å². The molecule has 0 aliphatic rings. The Morgan fingerprint density at radius 1 is 1.44 bits per heavy atom. The van der Waals surface area contributed by atoms with Crippen molar-refractivity contribution in [3.63, 3.8) is 0 Å². The van der Waals surface area contributed by atoms with Crippen LogP contribution in [0, 0.1) is 0 Å². The molecule has 4 nitrogen and oxygen atoms in total. The molecule has 0 spiro atoms. The fraction of sp³-hybridized carbons (Fsp3) is 0.500. The predicted molar refractivity (Wildman–Crippen MR) is 54.9 cm³/mol. The van der Waals surface area contributed by atoms with Crippen molar-refractivity contribution in [3.8, 4) is 5.88 Å². The molecular formula is C8H9BrF3N3O. The number of aromatic nitrogens is 2. The Labute approximate surface area is 98.1 Å². The molecular weight excluding hydrogens is 291 g/mol. The topological polar surface area (TPSA) is 61.0 Å². The molecule has 90 valence electrons. The molecule has 0 aromatic carbocycles. The Balaban J connectivity index is 2.40. The van der Waals surface area contributed by atoms with Crippen LogP contribution in [0.2, 0.25) is 0 Å². The van der Waals surface area contributed by atoms with Crippen molar-refractivity contribution >= 4 is 21.9 Å². The standard InChI is InChI=1S/C8H9BrF3N3O/c9-5-4-14-7(13)15-6(5)16-3-1-2-8(10,11)12/h4H,1-3H2,(H2,13,14,15). The SMILES string of the molecule is Nc1ncc(Br)c(OCCCC(F)(F)F)n1. The lowest BCUT2D eigenvalue weighted by molar-refractivity contribution is -0.136. The first-order chi connectivity index (χ1) is 7.38. The molecule has 16 heavy (non-hydrogen) atoms. The van der Waals surface area contributed by atoms with Gasteiger partial charge in [0, 0.05) is 6.42 Å². The fourth-order valence-corrected chi connectivity index (χ4v) is 1.21. The van der Waals surface area contributed by atoms with Crippen LogP contribution >= 0.6 is 15.9 Å². The Bertz CT molecular complexity index is 359. The summed E-state index contributed by atoms with van der Waals surface area (Å²) >= 11 is 3.09. The zero-order valence-electron chi connectivity index (χ0n) is 8.09. The molecule has 0 saturated heterocycles. The summed E-state index contributed by atoms with van der Waals surface area (Å²) in [5, 5.41) is 0. The molecule has 1 heterocycles. The van der Waals surface area contributed by atoms with Gasteiger partial charge < -0.3 is 10.5 Å². The van der Waals surface area contributed by atoms with Gasteiger partial charge in [0.05, 0.1) is 17.3 Å². The van der Waals surface area contributed by atoms with Crippen LogP contribution in [0.3, 0.4) is 0 Å². The van der Waals surface area contributed by atoms with Gasteiger partial charge in [0.2, 0.25) is 11.8 Å². The van der Waals surface area contributed by atoms with E-state index < -0.39 is 12.6 Å². The molecule has 0 bridgehead atoms. The molecule has 0 aliphatic heterocycles. The Morgan fingerprint density at radius 2 is 2.12 bits per heavy atom. The van der Waals surface area contributed by atoms with Gasteiger partial charge in [-0.2, -0.15) is 18.2 Å². The second-order valence-electron chi connectivity index (χ2n) is 2.95. The largest absolute Gasteiger partial charge is 0.477 e. The summed E-state index contributed by atoms with van der Waals surface area (Å²) in [4.78, 5) is 7.39. The normalized spacial score (nSPS) is 11.5. The van der Waals surface area contributed by atoms with Crippen LogP contribution in [0.4, 0.5) is 19.1 Å². The summed E-state index contributed by atoms with van der Waals surface area (Å²) in [7, 11) is 0. The molecule has 1 aromatic rings. The van der Waals surface area contributed by atoms with Crippen LogP contribution in [-0.4, -0.2) is 22.8 Å². The van der Waals surface area contributed by atoms with Crippen molar-refractivity contribution in [1.82, 2.24) is 9.97 Å². The summed E-state index contributed by atoms with van der Waals surface area (Å²) < 4.78 is 40.9. The first kappa shape index (κ1) is 13.0. The predicted octanol–water partition coefficient (Wildman–Crippen LogP) is 2.54. The number of rotatable bonds is 4. The second-order valence-corrected chi connectivity index (χ2v) is 3.80.